The molecule has 7 atom stereocenters. The van der Waals surface area contributed by atoms with Crippen LogP contribution in [0, 0.1) is 34.5 Å². The van der Waals surface area contributed by atoms with E-state index in [1.165, 1.54) is 51.2 Å². The predicted octanol–water partition coefficient (Wildman–Crippen LogP) is 4.35. The molecule has 0 aromatic rings. The third-order valence-electron chi connectivity index (χ3n) is 8.93. The van der Waals surface area contributed by atoms with Crippen molar-refractivity contribution in [3.05, 3.63) is 0 Å². The molecule has 0 saturated heterocycles. The molecule has 124 valence electrons. The molecule has 2 heteroatoms. The van der Waals surface area contributed by atoms with Gasteiger partial charge >= 0.3 is 0 Å². The number of fused-ring (bicyclic) bond motifs is 5. The van der Waals surface area contributed by atoms with Gasteiger partial charge in [0, 0.05) is 5.41 Å². The Hall–Kier alpha value is -0.370. The molecule has 4 saturated carbocycles. The number of carbonyl (C=O) groups excluding carboxylic acids is 1. The molecule has 0 aromatic carbocycles. The molecular formula is C20H32O2. The number of aldehydes is 1. The first-order valence-corrected chi connectivity index (χ1v) is 9.63. The Morgan fingerprint density at radius 1 is 0.909 bits per heavy atom. The van der Waals surface area contributed by atoms with Gasteiger partial charge in [0.05, 0.1) is 5.60 Å². The van der Waals surface area contributed by atoms with Crippen molar-refractivity contribution in [2.75, 3.05) is 0 Å². The number of hydrogen-bond acceptors (Lipinski definition) is 2. The molecule has 0 aliphatic heterocycles. The Morgan fingerprint density at radius 3 is 2.45 bits per heavy atom. The Bertz CT molecular complexity index is 470. The second-order valence-corrected chi connectivity index (χ2v) is 9.40. The summed E-state index contributed by atoms with van der Waals surface area (Å²) in [4.78, 5) is 12.2. The fourth-order valence-corrected chi connectivity index (χ4v) is 7.43. The summed E-state index contributed by atoms with van der Waals surface area (Å²) in [5, 5.41) is 10.9. The third-order valence-corrected chi connectivity index (χ3v) is 8.93. The van der Waals surface area contributed by atoms with Gasteiger partial charge < -0.3 is 9.90 Å². The number of hydrogen-bond donors (Lipinski definition) is 1. The largest absolute Gasteiger partial charge is 0.390 e. The molecule has 0 spiro atoms. The first-order valence-electron chi connectivity index (χ1n) is 9.63. The van der Waals surface area contributed by atoms with Crippen molar-refractivity contribution in [2.24, 2.45) is 34.5 Å². The van der Waals surface area contributed by atoms with Crippen molar-refractivity contribution in [3.8, 4) is 0 Å². The monoisotopic (exact) mass is 304 g/mol. The van der Waals surface area contributed by atoms with Gasteiger partial charge in [0.1, 0.15) is 6.29 Å². The van der Waals surface area contributed by atoms with Crippen LogP contribution in [0.25, 0.3) is 0 Å². The van der Waals surface area contributed by atoms with Crippen LogP contribution in [0.4, 0.5) is 0 Å². The van der Waals surface area contributed by atoms with E-state index >= 15 is 0 Å². The van der Waals surface area contributed by atoms with Crippen LogP contribution >= 0.6 is 0 Å². The molecule has 0 bridgehead atoms. The standard InChI is InChI=1S/C20H32O2/c1-18-11-8-17-15(16(18)9-12-19(18,2)22)7-6-14-5-3-4-10-20(14,17)13-21/h13-17,22H,3-12H2,1-2H3/t14-,15+,16+,17+,18+,19+,20-/m1/s1. The first-order chi connectivity index (χ1) is 10.4. The molecule has 0 radical (unpaired) electrons. The smallest absolute Gasteiger partial charge is 0.126 e. The summed E-state index contributed by atoms with van der Waals surface area (Å²) in [5.41, 5.74) is -0.420. The van der Waals surface area contributed by atoms with E-state index < -0.39 is 5.60 Å². The molecule has 4 aliphatic rings. The van der Waals surface area contributed by atoms with Gasteiger partial charge in [-0.3, -0.25) is 0 Å². The van der Waals surface area contributed by atoms with Crippen LogP contribution in [-0.2, 0) is 4.79 Å². The zero-order valence-electron chi connectivity index (χ0n) is 14.3. The second kappa shape index (κ2) is 4.82. The van der Waals surface area contributed by atoms with Crippen LogP contribution in [0.5, 0.6) is 0 Å². The quantitative estimate of drug-likeness (QED) is 0.731. The summed E-state index contributed by atoms with van der Waals surface area (Å²) in [6.07, 6.45) is 13.4. The maximum Gasteiger partial charge on any atom is 0.126 e. The Kier molecular flexibility index (Phi) is 3.32. The van der Waals surface area contributed by atoms with Gasteiger partial charge in [0.15, 0.2) is 0 Å². The average molecular weight is 304 g/mol. The van der Waals surface area contributed by atoms with Crippen molar-refractivity contribution < 1.29 is 9.90 Å². The van der Waals surface area contributed by atoms with Crippen LogP contribution in [0.2, 0.25) is 0 Å². The van der Waals surface area contributed by atoms with Crippen molar-refractivity contribution in [2.45, 2.75) is 83.7 Å². The van der Waals surface area contributed by atoms with Gasteiger partial charge in [-0.25, -0.2) is 0 Å². The minimum absolute atomic E-state index is 0.00303. The molecule has 0 amide bonds. The van der Waals surface area contributed by atoms with Gasteiger partial charge in [-0.05, 0) is 87.4 Å². The molecule has 2 nitrogen and oxygen atoms in total. The summed E-state index contributed by atoms with van der Waals surface area (Å²) >= 11 is 0. The first kappa shape index (κ1) is 15.2. The average Bonchev–Trinajstić information content (AvgIpc) is 2.77. The molecule has 0 heterocycles. The van der Waals surface area contributed by atoms with Crippen LogP contribution in [-0.4, -0.2) is 17.0 Å². The molecule has 22 heavy (non-hydrogen) atoms. The summed E-state index contributed by atoms with van der Waals surface area (Å²) in [6, 6.07) is 0. The SMILES string of the molecule is C[C@]1(O)CC[C@H]2[C@@H]3CC[C@H]4CCCC[C@]4(C=O)[C@H]3CC[C@@]21C. The highest BCUT2D eigenvalue weighted by Gasteiger charge is 2.63. The van der Waals surface area contributed by atoms with Gasteiger partial charge in [-0.1, -0.05) is 19.8 Å². The summed E-state index contributed by atoms with van der Waals surface area (Å²) in [7, 11) is 0. The van der Waals surface area contributed by atoms with Crippen molar-refractivity contribution >= 4 is 6.29 Å². The highest BCUT2D eigenvalue weighted by Crippen LogP contribution is 2.67. The summed E-state index contributed by atoms with van der Waals surface area (Å²) < 4.78 is 0. The molecule has 1 N–H and O–H groups in total. The lowest BCUT2D eigenvalue weighted by molar-refractivity contribution is -0.158. The van der Waals surface area contributed by atoms with Gasteiger partial charge in [0.2, 0.25) is 0 Å². The number of rotatable bonds is 1. The van der Waals surface area contributed by atoms with E-state index in [4.69, 9.17) is 0 Å². The van der Waals surface area contributed by atoms with Crippen molar-refractivity contribution in [1.82, 2.24) is 0 Å². The van der Waals surface area contributed by atoms with Crippen LogP contribution < -0.4 is 0 Å². The maximum absolute atomic E-state index is 12.2. The van der Waals surface area contributed by atoms with E-state index in [2.05, 4.69) is 13.8 Å². The van der Waals surface area contributed by atoms with Crippen LogP contribution in [0.3, 0.4) is 0 Å². The van der Waals surface area contributed by atoms with E-state index in [0.717, 1.165) is 19.3 Å². The molecule has 4 aliphatic carbocycles. The third kappa shape index (κ3) is 1.74. The van der Waals surface area contributed by atoms with Crippen molar-refractivity contribution in [3.63, 3.8) is 0 Å². The zero-order chi connectivity index (χ0) is 15.6. The normalized spacial score (nSPS) is 57.6. The zero-order valence-corrected chi connectivity index (χ0v) is 14.3. The maximum atomic E-state index is 12.2. The number of aliphatic hydroxyl groups is 1. The molecular weight excluding hydrogens is 272 g/mol. The lowest BCUT2D eigenvalue weighted by Crippen LogP contribution is -2.56. The van der Waals surface area contributed by atoms with E-state index in [1.54, 1.807) is 0 Å². The molecule has 4 fully saturated rings. The highest BCUT2D eigenvalue weighted by molar-refractivity contribution is 5.61. The minimum atomic E-state index is -0.500. The van der Waals surface area contributed by atoms with Crippen LogP contribution in [0.1, 0.15) is 78.1 Å². The van der Waals surface area contributed by atoms with E-state index in [9.17, 15) is 9.90 Å². The summed E-state index contributed by atoms with van der Waals surface area (Å²) in [6.45, 7) is 4.40. The minimum Gasteiger partial charge on any atom is -0.390 e. The van der Waals surface area contributed by atoms with Gasteiger partial charge in [-0.15, -0.1) is 0 Å². The van der Waals surface area contributed by atoms with Gasteiger partial charge in [0.25, 0.3) is 0 Å². The molecule has 4 rings (SSSR count). The Morgan fingerprint density at radius 2 is 1.68 bits per heavy atom. The second-order valence-electron chi connectivity index (χ2n) is 9.40. The fourth-order valence-electron chi connectivity index (χ4n) is 7.43. The fraction of sp³-hybridized carbons (Fsp3) is 0.950. The van der Waals surface area contributed by atoms with Crippen molar-refractivity contribution in [1.29, 1.82) is 0 Å². The number of carbonyl (C=O) groups is 1. The lowest BCUT2D eigenvalue weighted by Gasteiger charge is -2.60. The van der Waals surface area contributed by atoms with E-state index in [1.807, 2.05) is 0 Å². The molecule has 0 aromatic heterocycles. The molecule has 0 unspecified atom stereocenters. The topological polar surface area (TPSA) is 37.3 Å². The van der Waals surface area contributed by atoms with Gasteiger partial charge in [-0.2, -0.15) is 0 Å². The highest BCUT2D eigenvalue weighted by atomic mass is 16.3. The predicted molar refractivity (Wildman–Crippen MR) is 87.4 cm³/mol. The van der Waals surface area contributed by atoms with E-state index in [0.29, 0.717) is 23.7 Å². The Balaban J connectivity index is 1.69. The lowest BCUT2D eigenvalue weighted by atomic mass is 9.44. The summed E-state index contributed by atoms with van der Waals surface area (Å²) in [5.74, 6) is 2.59. The Labute approximate surface area is 135 Å². The van der Waals surface area contributed by atoms with E-state index in [-0.39, 0.29) is 10.8 Å². The van der Waals surface area contributed by atoms with Crippen LogP contribution in [0.15, 0.2) is 0 Å².